The Morgan fingerprint density at radius 2 is 1.36 bits per heavy atom. The molecule has 67 heavy (non-hydrogen) atoms. The summed E-state index contributed by atoms with van der Waals surface area (Å²) < 4.78 is 12.4. The van der Waals surface area contributed by atoms with Crippen LogP contribution in [0.4, 0.5) is 0 Å². The molecule has 0 saturated carbocycles. The molecular formula is C63H52N2O2. The highest BCUT2D eigenvalue weighted by atomic mass is 16.3. The average molecular weight is 869 g/mol. The zero-order chi connectivity index (χ0) is 46.5. The van der Waals surface area contributed by atoms with Crippen molar-refractivity contribution in [2.75, 3.05) is 0 Å². The fraction of sp³-hybridized carbons (Fsp3) is 0.0794. The van der Waals surface area contributed by atoms with E-state index in [2.05, 4.69) is 142 Å². The Hall–Kier alpha value is -8.34. The van der Waals surface area contributed by atoms with Gasteiger partial charge >= 0.3 is 0 Å². The highest BCUT2D eigenvalue weighted by Gasteiger charge is 2.35. The number of para-hydroxylation sites is 1. The monoisotopic (exact) mass is 868 g/mol. The summed E-state index contributed by atoms with van der Waals surface area (Å²) in [4.78, 5) is 4.43. The zero-order valence-electron chi connectivity index (χ0n) is 38.4. The molecular weight excluding hydrogens is 817 g/mol. The SMILES string of the molecule is C=C/C=C\c1c(C)oc2c1/C=C/C=C/C(C(=N)/C=C(\N=C)c1ccc(-c3ccc4c(c3)C(C)(C)c3ccccc3-4)cc1)=C\C(c1ccc3oc4ccccc4c3c1)=C/C=C\2.Cc1ccccc1. The van der Waals surface area contributed by atoms with Gasteiger partial charge in [-0.1, -0.05) is 196 Å². The van der Waals surface area contributed by atoms with Crippen molar-refractivity contribution in [3.05, 3.63) is 257 Å². The number of allylic oxidation sites excluding steroid dienone is 11. The van der Waals surface area contributed by atoms with E-state index in [1.54, 1.807) is 12.2 Å². The van der Waals surface area contributed by atoms with Crippen LogP contribution in [0.1, 0.15) is 64.3 Å². The Morgan fingerprint density at radius 1 is 0.657 bits per heavy atom. The third-order valence-corrected chi connectivity index (χ3v) is 12.6. The van der Waals surface area contributed by atoms with Gasteiger partial charge in [-0.3, -0.25) is 4.99 Å². The highest BCUT2D eigenvalue weighted by molar-refractivity contribution is 6.13. The van der Waals surface area contributed by atoms with Crippen LogP contribution in [0, 0.1) is 19.3 Å². The Morgan fingerprint density at radius 3 is 2.13 bits per heavy atom. The van der Waals surface area contributed by atoms with Gasteiger partial charge in [0.05, 0.1) is 11.4 Å². The second kappa shape index (κ2) is 19.0. The van der Waals surface area contributed by atoms with E-state index in [1.165, 1.54) is 33.4 Å². The molecule has 2 aliphatic rings. The van der Waals surface area contributed by atoms with Gasteiger partial charge < -0.3 is 14.2 Å². The zero-order valence-corrected chi connectivity index (χ0v) is 38.4. The molecule has 8 aromatic rings. The molecule has 0 bridgehead atoms. The number of furan rings is 2. The second-order valence-electron chi connectivity index (χ2n) is 17.3. The quantitative estimate of drug-likeness (QED) is 0.122. The van der Waals surface area contributed by atoms with E-state index in [0.717, 1.165) is 66.8 Å². The lowest BCUT2D eigenvalue weighted by Gasteiger charge is -2.22. The molecule has 0 saturated heterocycles. The van der Waals surface area contributed by atoms with Crippen molar-refractivity contribution >= 4 is 63.9 Å². The van der Waals surface area contributed by atoms with E-state index in [0.29, 0.717) is 17.0 Å². The molecule has 0 radical (unpaired) electrons. The molecule has 0 atom stereocenters. The molecule has 2 aromatic heterocycles. The minimum Gasteiger partial charge on any atom is -0.461 e. The summed E-state index contributed by atoms with van der Waals surface area (Å²) in [6.07, 6.45) is 23.5. The molecule has 6 aromatic carbocycles. The van der Waals surface area contributed by atoms with Crippen LogP contribution in [0.25, 0.3) is 73.7 Å². The normalized spacial score (nSPS) is 17.0. The van der Waals surface area contributed by atoms with E-state index in [4.69, 9.17) is 8.83 Å². The summed E-state index contributed by atoms with van der Waals surface area (Å²) in [6.45, 7) is 16.4. The number of hydrogen-bond acceptors (Lipinski definition) is 4. The van der Waals surface area contributed by atoms with Crippen molar-refractivity contribution in [1.29, 1.82) is 5.41 Å². The van der Waals surface area contributed by atoms with Crippen LogP contribution in [0.2, 0.25) is 0 Å². The fourth-order valence-electron chi connectivity index (χ4n) is 9.02. The fourth-order valence-corrected chi connectivity index (χ4v) is 9.02. The number of nitrogens with one attached hydrogen (secondary N) is 1. The van der Waals surface area contributed by atoms with Crippen LogP contribution in [-0.4, -0.2) is 12.4 Å². The van der Waals surface area contributed by atoms with Gasteiger partial charge in [-0.25, -0.2) is 0 Å². The van der Waals surface area contributed by atoms with E-state index in [-0.39, 0.29) is 5.41 Å². The van der Waals surface area contributed by atoms with Crippen LogP contribution >= 0.6 is 0 Å². The maximum atomic E-state index is 9.49. The maximum Gasteiger partial charge on any atom is 0.135 e. The van der Waals surface area contributed by atoms with Gasteiger partial charge in [-0.2, -0.15) is 0 Å². The number of aryl methyl sites for hydroxylation is 2. The first kappa shape index (κ1) is 43.9. The number of benzene rings is 6. The van der Waals surface area contributed by atoms with Crippen LogP contribution in [0.5, 0.6) is 0 Å². The maximum absolute atomic E-state index is 9.49. The Kier molecular flexibility index (Phi) is 12.5. The Balaban J connectivity index is 0.000000737. The molecule has 2 aliphatic carbocycles. The number of rotatable bonds is 8. The molecule has 10 rings (SSSR count). The van der Waals surface area contributed by atoms with E-state index in [1.807, 2.05) is 104 Å². The predicted octanol–water partition coefficient (Wildman–Crippen LogP) is 17.0. The van der Waals surface area contributed by atoms with E-state index < -0.39 is 0 Å². The largest absolute Gasteiger partial charge is 0.461 e. The van der Waals surface area contributed by atoms with Crippen LogP contribution in [0.3, 0.4) is 0 Å². The first-order valence-electron chi connectivity index (χ1n) is 22.6. The summed E-state index contributed by atoms with van der Waals surface area (Å²) >= 11 is 0. The first-order chi connectivity index (χ1) is 32.6. The van der Waals surface area contributed by atoms with Gasteiger partial charge in [0.2, 0.25) is 0 Å². The molecule has 4 heteroatoms. The van der Waals surface area contributed by atoms with Gasteiger partial charge in [0.25, 0.3) is 0 Å². The van der Waals surface area contributed by atoms with Gasteiger partial charge in [-0.05, 0) is 108 Å². The summed E-state index contributed by atoms with van der Waals surface area (Å²) in [5, 5.41) is 11.6. The molecule has 4 nitrogen and oxygen atoms in total. The van der Waals surface area contributed by atoms with Crippen molar-refractivity contribution in [1.82, 2.24) is 0 Å². The van der Waals surface area contributed by atoms with Crippen LogP contribution < -0.4 is 0 Å². The molecule has 0 aliphatic heterocycles. The first-order valence-corrected chi connectivity index (χ1v) is 22.6. The smallest absolute Gasteiger partial charge is 0.135 e. The average Bonchev–Trinajstić information content (AvgIpc) is 3.95. The number of nitrogens with zero attached hydrogens (tertiary/aromatic N) is 1. The molecule has 1 N–H and O–H groups in total. The molecule has 0 amide bonds. The lowest BCUT2D eigenvalue weighted by molar-refractivity contribution is 0.524. The van der Waals surface area contributed by atoms with Crippen LogP contribution in [0.15, 0.2) is 220 Å². The molecule has 326 valence electrons. The van der Waals surface area contributed by atoms with Gasteiger partial charge in [0.1, 0.15) is 22.7 Å². The summed E-state index contributed by atoms with van der Waals surface area (Å²) in [7, 11) is 0. The van der Waals surface area contributed by atoms with Crippen LogP contribution in [-0.2, 0) is 5.41 Å². The number of hydrogen-bond donors (Lipinski definition) is 1. The third-order valence-electron chi connectivity index (χ3n) is 12.6. The Labute approximate surface area is 393 Å². The van der Waals surface area contributed by atoms with Gasteiger partial charge in [-0.15, -0.1) is 0 Å². The summed E-state index contributed by atoms with van der Waals surface area (Å²) in [5.41, 5.74) is 16.9. The van der Waals surface area contributed by atoms with E-state index in [9.17, 15) is 5.41 Å². The minimum absolute atomic E-state index is 0.0734. The number of aliphatic imine (C=N–C) groups is 1. The van der Waals surface area contributed by atoms with E-state index >= 15 is 0 Å². The van der Waals surface area contributed by atoms with Crippen molar-refractivity contribution in [2.24, 2.45) is 4.99 Å². The lowest BCUT2D eigenvalue weighted by Crippen LogP contribution is -2.14. The van der Waals surface area contributed by atoms with Crippen molar-refractivity contribution in [3.63, 3.8) is 0 Å². The summed E-state index contributed by atoms with van der Waals surface area (Å²) in [6, 6.07) is 48.5. The van der Waals surface area contributed by atoms with Gasteiger partial charge in [0, 0.05) is 38.5 Å². The topological polar surface area (TPSA) is 62.5 Å². The van der Waals surface area contributed by atoms with Gasteiger partial charge in [0.15, 0.2) is 0 Å². The number of fused-ring (bicyclic) bond motifs is 7. The standard InChI is InChI=1S/C56H44N2O2.C7H8/c1-6-7-17-43-36(2)59-53-23-14-16-39(40-29-31-55-48(33-40)47-20-11-13-22-54(47)60-55)32-42(15-8-9-19-46(43)53)51(57)35-52(58-5)38-26-24-37(25-27-38)41-28-30-45-44-18-10-12-21-49(44)56(3,4)50(45)34-41;1-7-5-3-2-4-6-7/h6-35,57H,1,5H2,2-4H3;2-6H,1H3/b9-8?,15-8+,16-14?,17-7-,19-9+,23-14-,39-16+,39-32?,42-15?,42-32+,46-19?,52-35-,53-23?,57-51?;. The van der Waals surface area contributed by atoms with Crippen molar-refractivity contribution < 1.29 is 8.83 Å². The van der Waals surface area contributed by atoms with Crippen molar-refractivity contribution in [3.8, 4) is 22.3 Å². The molecule has 0 fully saturated rings. The lowest BCUT2D eigenvalue weighted by atomic mass is 9.81. The predicted molar refractivity (Wildman–Crippen MR) is 286 cm³/mol. The summed E-state index contributed by atoms with van der Waals surface area (Å²) in [5.74, 6) is 1.57. The highest BCUT2D eigenvalue weighted by Crippen LogP contribution is 2.49. The second-order valence-corrected chi connectivity index (χ2v) is 17.3. The van der Waals surface area contributed by atoms with Crippen molar-refractivity contribution in [2.45, 2.75) is 33.1 Å². The molecule has 0 spiro atoms. The molecule has 0 unspecified atom stereocenters. The third kappa shape index (κ3) is 9.03. The minimum atomic E-state index is -0.0734. The molecule has 2 heterocycles. The Bertz CT molecular complexity index is 3430.